The number of furan rings is 1. The minimum absolute atomic E-state index is 0.00828. The summed E-state index contributed by atoms with van der Waals surface area (Å²) < 4.78 is 6.43. The van der Waals surface area contributed by atoms with E-state index in [9.17, 15) is 14.7 Å². The lowest BCUT2D eigenvalue weighted by molar-refractivity contribution is -0.117. The molecular weight excluding hydrogens is 625 g/mol. The van der Waals surface area contributed by atoms with Crippen molar-refractivity contribution in [1.29, 1.82) is 0 Å². The van der Waals surface area contributed by atoms with Crippen LogP contribution in [-0.2, 0) is 10.5 Å². The van der Waals surface area contributed by atoms with Gasteiger partial charge in [-0.05, 0) is 46.2 Å². The lowest BCUT2D eigenvalue weighted by Crippen LogP contribution is -2.31. The van der Waals surface area contributed by atoms with Gasteiger partial charge in [0.2, 0.25) is 10.9 Å². The van der Waals surface area contributed by atoms with E-state index in [-0.39, 0.29) is 21.5 Å². The van der Waals surface area contributed by atoms with Crippen LogP contribution >= 0.6 is 46.3 Å². The number of aromatic nitrogens is 2. The van der Waals surface area contributed by atoms with Gasteiger partial charge in [0, 0.05) is 11.1 Å². The van der Waals surface area contributed by atoms with Crippen molar-refractivity contribution in [2.45, 2.75) is 16.1 Å². The molecule has 11 heteroatoms. The Morgan fingerprint density at radius 3 is 2.51 bits per heavy atom. The number of fused-ring (bicyclic) bond motifs is 2. The molecule has 3 heterocycles. The van der Waals surface area contributed by atoms with Crippen LogP contribution in [0.4, 0.5) is 5.13 Å². The number of amides is 1. The summed E-state index contributed by atoms with van der Waals surface area (Å²) in [7, 11) is 0. The first-order valence-corrected chi connectivity index (χ1v) is 15.6. The first kappa shape index (κ1) is 27.7. The highest BCUT2D eigenvalue weighted by atomic mass is 35.5. The van der Waals surface area contributed by atoms with Crippen LogP contribution in [0, 0.1) is 0 Å². The van der Waals surface area contributed by atoms with Crippen LogP contribution in [0.2, 0.25) is 10.0 Å². The number of anilines is 1. The fraction of sp³-hybridized carbons (Fsp3) is 0.0625. The van der Waals surface area contributed by atoms with Gasteiger partial charge in [0.25, 0.3) is 5.91 Å². The molecule has 0 bridgehead atoms. The zero-order valence-electron chi connectivity index (χ0n) is 22.0. The zero-order chi connectivity index (χ0) is 29.7. The van der Waals surface area contributed by atoms with Crippen molar-refractivity contribution in [3.05, 3.63) is 129 Å². The van der Waals surface area contributed by atoms with Gasteiger partial charge in [0.1, 0.15) is 5.58 Å². The Hall–Kier alpha value is -4.15. The molecule has 0 unspecified atom stereocenters. The summed E-state index contributed by atoms with van der Waals surface area (Å²) >= 11 is 15.2. The molecular formula is C32H19Cl2N3O4S2. The third kappa shape index (κ3) is 4.98. The van der Waals surface area contributed by atoms with Gasteiger partial charge in [0.05, 0.1) is 21.7 Å². The van der Waals surface area contributed by atoms with E-state index < -0.39 is 23.5 Å². The quantitative estimate of drug-likeness (QED) is 0.105. The maximum absolute atomic E-state index is 13.9. The Bertz CT molecular complexity index is 2070. The third-order valence-electron chi connectivity index (χ3n) is 7.19. The molecule has 7 nitrogen and oxygen atoms in total. The average Bonchev–Trinajstić information content (AvgIpc) is 3.73. The number of thioether (sulfide) groups is 1. The molecule has 0 saturated carbocycles. The van der Waals surface area contributed by atoms with Crippen LogP contribution in [-0.4, -0.2) is 27.0 Å². The molecule has 1 N–H and O–H groups in total. The number of halogens is 2. The summed E-state index contributed by atoms with van der Waals surface area (Å²) in [6, 6.07) is 26.8. The Morgan fingerprint density at radius 2 is 1.70 bits per heavy atom. The summed E-state index contributed by atoms with van der Waals surface area (Å²) in [5.41, 5.74) is 1.97. The minimum atomic E-state index is -1.05. The number of ketones is 1. The van der Waals surface area contributed by atoms with Gasteiger partial charge in [-0.15, -0.1) is 10.2 Å². The van der Waals surface area contributed by atoms with Gasteiger partial charge in [0.15, 0.2) is 15.9 Å². The highest BCUT2D eigenvalue weighted by Gasteiger charge is 2.47. The summed E-state index contributed by atoms with van der Waals surface area (Å²) in [5.74, 6) is -1.47. The van der Waals surface area contributed by atoms with Crippen LogP contribution in [0.3, 0.4) is 0 Å². The van der Waals surface area contributed by atoms with Crippen molar-refractivity contribution >= 4 is 84.9 Å². The number of carbonyl (C=O) groups excluding carboxylic acids is 2. The Morgan fingerprint density at radius 1 is 0.930 bits per heavy atom. The maximum Gasteiger partial charge on any atom is 0.296 e. The Kier molecular flexibility index (Phi) is 7.18. The van der Waals surface area contributed by atoms with E-state index in [2.05, 4.69) is 34.5 Å². The molecule has 7 rings (SSSR count). The lowest BCUT2D eigenvalue weighted by atomic mass is 9.95. The smallest absolute Gasteiger partial charge is 0.296 e. The summed E-state index contributed by atoms with van der Waals surface area (Å²) in [4.78, 5) is 28.7. The molecule has 43 heavy (non-hydrogen) atoms. The third-order valence-corrected chi connectivity index (χ3v) is 10.0. The van der Waals surface area contributed by atoms with Crippen LogP contribution < -0.4 is 4.90 Å². The van der Waals surface area contributed by atoms with Crippen LogP contribution in [0.25, 0.3) is 21.7 Å². The van der Waals surface area contributed by atoms with E-state index in [0.29, 0.717) is 26.3 Å². The highest BCUT2D eigenvalue weighted by molar-refractivity contribution is 8.00. The SMILES string of the molecule is O=C(C1=C(O)C(=O)N(c2nnc(SCc3cccc4ccccc34)s2)[C@@H]1c1ccc(Cl)c(Cl)c1)c1cc2ccccc2o1. The van der Waals surface area contributed by atoms with Crippen molar-refractivity contribution in [2.24, 2.45) is 0 Å². The number of aliphatic hydroxyl groups excluding tert-OH is 1. The second-order valence-electron chi connectivity index (χ2n) is 9.77. The molecule has 0 radical (unpaired) electrons. The number of Topliss-reactive ketones (excluding diaryl/α,β-unsaturated/α-hetero) is 1. The number of para-hydroxylation sites is 1. The zero-order valence-corrected chi connectivity index (χ0v) is 25.2. The van der Waals surface area contributed by atoms with Gasteiger partial charge in [-0.1, -0.05) is 113 Å². The predicted octanol–water partition coefficient (Wildman–Crippen LogP) is 8.82. The standard InChI is InChI=1S/C32H19Cl2N3O4S2/c33-22-13-12-19(14-23(22)34)27-26(28(38)25-15-18-7-2-4-11-24(18)41-25)29(39)30(40)37(27)31-35-36-32(43-31)42-16-20-9-5-8-17-6-1-3-10-21(17)20/h1-15,27,39H,16H2/t27-/m1/s1. The van der Waals surface area contributed by atoms with Gasteiger partial charge < -0.3 is 9.52 Å². The molecule has 0 fully saturated rings. The fourth-order valence-corrected chi connectivity index (χ4v) is 7.35. The number of aliphatic hydroxyl groups is 1. The molecule has 1 atom stereocenters. The molecule has 2 aromatic heterocycles. The van der Waals surface area contributed by atoms with E-state index in [1.165, 1.54) is 28.0 Å². The topological polar surface area (TPSA) is 96.5 Å². The first-order valence-electron chi connectivity index (χ1n) is 13.1. The summed E-state index contributed by atoms with van der Waals surface area (Å²) in [5, 5.41) is 23.5. The minimum Gasteiger partial charge on any atom is -0.503 e. The molecule has 0 saturated heterocycles. The van der Waals surface area contributed by atoms with Crippen molar-refractivity contribution in [2.75, 3.05) is 4.90 Å². The molecule has 0 aliphatic carbocycles. The number of hydrogen-bond donors (Lipinski definition) is 1. The first-order chi connectivity index (χ1) is 20.9. The van der Waals surface area contributed by atoms with Gasteiger partial charge in [-0.2, -0.15) is 0 Å². The van der Waals surface area contributed by atoms with Crippen LogP contribution in [0.5, 0.6) is 0 Å². The lowest BCUT2D eigenvalue weighted by Gasteiger charge is -2.24. The van der Waals surface area contributed by atoms with Crippen molar-refractivity contribution in [3.63, 3.8) is 0 Å². The molecule has 0 spiro atoms. The molecule has 4 aromatic carbocycles. The maximum atomic E-state index is 13.9. The van der Waals surface area contributed by atoms with Crippen molar-refractivity contribution in [3.8, 4) is 0 Å². The Labute approximate surface area is 263 Å². The number of benzene rings is 4. The van der Waals surface area contributed by atoms with Gasteiger partial charge >= 0.3 is 0 Å². The van der Waals surface area contributed by atoms with E-state index in [1.54, 1.807) is 36.4 Å². The van der Waals surface area contributed by atoms with Crippen LogP contribution in [0.15, 0.2) is 111 Å². The van der Waals surface area contributed by atoms with Crippen molar-refractivity contribution in [1.82, 2.24) is 10.2 Å². The number of nitrogens with zero attached hydrogens (tertiary/aromatic N) is 3. The highest BCUT2D eigenvalue weighted by Crippen LogP contribution is 2.45. The van der Waals surface area contributed by atoms with E-state index in [1.807, 2.05) is 30.3 Å². The molecule has 1 aliphatic rings. The van der Waals surface area contributed by atoms with E-state index in [4.69, 9.17) is 27.6 Å². The fourth-order valence-electron chi connectivity index (χ4n) is 5.17. The second-order valence-corrected chi connectivity index (χ2v) is 12.8. The monoisotopic (exact) mass is 643 g/mol. The van der Waals surface area contributed by atoms with Gasteiger partial charge in [-0.3, -0.25) is 14.5 Å². The largest absolute Gasteiger partial charge is 0.503 e. The number of carbonyl (C=O) groups is 2. The molecule has 1 aliphatic heterocycles. The predicted molar refractivity (Wildman–Crippen MR) is 170 cm³/mol. The normalized spacial score (nSPS) is 15.3. The van der Waals surface area contributed by atoms with Crippen molar-refractivity contribution < 1.29 is 19.1 Å². The molecule has 212 valence electrons. The van der Waals surface area contributed by atoms with Crippen LogP contribution in [0.1, 0.15) is 27.7 Å². The molecule has 1 amide bonds. The molecule has 6 aromatic rings. The van der Waals surface area contributed by atoms with E-state index in [0.717, 1.165) is 21.7 Å². The summed E-state index contributed by atoms with van der Waals surface area (Å²) in [6.45, 7) is 0. The number of hydrogen-bond acceptors (Lipinski definition) is 8. The summed E-state index contributed by atoms with van der Waals surface area (Å²) in [6.07, 6.45) is 0. The number of rotatable bonds is 7. The second kappa shape index (κ2) is 11.2. The Balaban J connectivity index is 1.24. The van der Waals surface area contributed by atoms with E-state index >= 15 is 0 Å². The average molecular weight is 645 g/mol. The van der Waals surface area contributed by atoms with Gasteiger partial charge in [-0.25, -0.2) is 0 Å².